The van der Waals surface area contributed by atoms with Gasteiger partial charge in [-0.05, 0) is 37.6 Å². The number of amides is 1. The molecule has 0 aliphatic carbocycles. The Morgan fingerprint density at radius 2 is 2.00 bits per heavy atom. The number of halogens is 1. The molecule has 19 heavy (non-hydrogen) atoms. The van der Waals surface area contributed by atoms with Gasteiger partial charge in [0.05, 0.1) is 6.04 Å². The minimum absolute atomic E-state index is 0.0329. The molecule has 0 aliphatic rings. The molecule has 0 saturated carbocycles. The normalized spacial score (nSPS) is 11.9. The van der Waals surface area contributed by atoms with Gasteiger partial charge in [-0.15, -0.1) is 0 Å². The van der Waals surface area contributed by atoms with E-state index in [0.717, 1.165) is 23.2 Å². The van der Waals surface area contributed by atoms with Gasteiger partial charge in [0.25, 0.3) is 0 Å². The van der Waals surface area contributed by atoms with Gasteiger partial charge in [-0.1, -0.05) is 22.9 Å². The van der Waals surface area contributed by atoms with E-state index in [-0.39, 0.29) is 11.9 Å². The molecule has 0 saturated heterocycles. The summed E-state index contributed by atoms with van der Waals surface area (Å²) in [7, 11) is 0. The molecule has 5 heteroatoms. The fourth-order valence-electron chi connectivity index (χ4n) is 1.47. The first-order valence-electron chi connectivity index (χ1n) is 6.53. The maximum Gasteiger partial charge on any atom is 0.236 e. The van der Waals surface area contributed by atoms with Gasteiger partial charge in [-0.3, -0.25) is 4.79 Å². The number of carbonyl (C=O) groups excluding carboxylic acids is 1. The van der Waals surface area contributed by atoms with E-state index in [9.17, 15) is 4.79 Å². The first kappa shape index (κ1) is 16.0. The molecule has 1 rings (SSSR count). The maximum atomic E-state index is 11.6. The van der Waals surface area contributed by atoms with Crippen LogP contribution in [0.1, 0.15) is 20.3 Å². The average molecular weight is 329 g/mol. The summed E-state index contributed by atoms with van der Waals surface area (Å²) >= 11 is 3.37. The highest BCUT2D eigenvalue weighted by atomic mass is 79.9. The van der Waals surface area contributed by atoms with E-state index in [0.29, 0.717) is 13.2 Å². The third-order valence-corrected chi connectivity index (χ3v) is 3.11. The van der Waals surface area contributed by atoms with Crippen molar-refractivity contribution in [3.05, 3.63) is 28.7 Å². The van der Waals surface area contributed by atoms with Gasteiger partial charge in [-0.25, -0.2) is 0 Å². The van der Waals surface area contributed by atoms with Crippen LogP contribution < -0.4 is 15.4 Å². The molecule has 1 aromatic rings. The van der Waals surface area contributed by atoms with Crippen molar-refractivity contribution in [2.45, 2.75) is 26.3 Å². The molecule has 1 amide bonds. The fourth-order valence-corrected chi connectivity index (χ4v) is 1.73. The molecule has 0 fully saturated rings. The number of nitrogens with one attached hydrogen (secondary N) is 2. The average Bonchev–Trinajstić information content (AvgIpc) is 2.42. The Labute approximate surface area is 123 Å². The number of carbonyl (C=O) groups is 1. The molecule has 0 aromatic heterocycles. The van der Waals surface area contributed by atoms with Crippen LogP contribution in [0.4, 0.5) is 0 Å². The molecule has 0 bridgehead atoms. The van der Waals surface area contributed by atoms with Gasteiger partial charge in [-0.2, -0.15) is 0 Å². The van der Waals surface area contributed by atoms with Crippen molar-refractivity contribution in [2.24, 2.45) is 0 Å². The second-order valence-electron chi connectivity index (χ2n) is 4.27. The van der Waals surface area contributed by atoms with E-state index in [1.165, 1.54) is 0 Å². The van der Waals surface area contributed by atoms with Crippen LogP contribution in [0.5, 0.6) is 5.75 Å². The highest BCUT2D eigenvalue weighted by Gasteiger charge is 2.10. The maximum absolute atomic E-state index is 11.6. The van der Waals surface area contributed by atoms with E-state index >= 15 is 0 Å². The molecule has 1 aromatic carbocycles. The number of ether oxygens (including phenoxy) is 1. The summed E-state index contributed by atoms with van der Waals surface area (Å²) in [6.07, 6.45) is 0.950. The predicted molar refractivity (Wildman–Crippen MR) is 80.4 cm³/mol. The topological polar surface area (TPSA) is 50.4 Å². The number of hydrogen-bond donors (Lipinski definition) is 2. The summed E-state index contributed by atoms with van der Waals surface area (Å²) in [5, 5.41) is 5.98. The van der Waals surface area contributed by atoms with Gasteiger partial charge >= 0.3 is 0 Å². The Balaban J connectivity index is 2.16. The zero-order chi connectivity index (χ0) is 14.1. The lowest BCUT2D eigenvalue weighted by Gasteiger charge is -2.14. The second-order valence-corrected chi connectivity index (χ2v) is 5.18. The Bertz CT molecular complexity index is 382. The van der Waals surface area contributed by atoms with Crippen molar-refractivity contribution < 1.29 is 9.53 Å². The van der Waals surface area contributed by atoms with E-state index < -0.39 is 0 Å². The molecule has 2 N–H and O–H groups in total. The second kappa shape index (κ2) is 8.93. The van der Waals surface area contributed by atoms with Crippen LogP contribution in [0.2, 0.25) is 0 Å². The molecule has 1 atom stereocenters. The Hall–Kier alpha value is -1.07. The first-order chi connectivity index (χ1) is 9.13. The van der Waals surface area contributed by atoms with Crippen LogP contribution in [-0.2, 0) is 4.79 Å². The quantitative estimate of drug-likeness (QED) is 0.720. The van der Waals surface area contributed by atoms with Crippen LogP contribution >= 0.6 is 15.9 Å². The van der Waals surface area contributed by atoms with E-state index in [2.05, 4.69) is 26.6 Å². The van der Waals surface area contributed by atoms with Crippen molar-refractivity contribution in [2.75, 3.05) is 19.7 Å². The highest BCUT2D eigenvalue weighted by Crippen LogP contribution is 2.15. The smallest absolute Gasteiger partial charge is 0.236 e. The summed E-state index contributed by atoms with van der Waals surface area (Å²) in [4.78, 5) is 11.6. The Morgan fingerprint density at radius 3 is 2.63 bits per heavy atom. The Morgan fingerprint density at radius 1 is 1.32 bits per heavy atom. The van der Waals surface area contributed by atoms with Crippen LogP contribution in [0.25, 0.3) is 0 Å². The molecular formula is C14H21BrN2O2. The molecule has 0 heterocycles. The van der Waals surface area contributed by atoms with Crippen molar-refractivity contribution >= 4 is 21.8 Å². The summed E-state index contributed by atoms with van der Waals surface area (Å²) < 4.78 is 6.58. The van der Waals surface area contributed by atoms with E-state index in [1.54, 1.807) is 0 Å². The van der Waals surface area contributed by atoms with Gasteiger partial charge in [0.2, 0.25) is 5.91 Å². The van der Waals surface area contributed by atoms with Crippen LogP contribution in [0, 0.1) is 0 Å². The summed E-state index contributed by atoms with van der Waals surface area (Å²) in [5.74, 6) is 0.860. The third kappa shape index (κ3) is 6.59. The molecule has 0 spiro atoms. The van der Waals surface area contributed by atoms with Crippen molar-refractivity contribution in [3.8, 4) is 5.75 Å². The lowest BCUT2D eigenvalue weighted by atomic mass is 10.3. The highest BCUT2D eigenvalue weighted by molar-refractivity contribution is 9.10. The number of benzene rings is 1. The molecule has 0 radical (unpaired) electrons. The largest absolute Gasteiger partial charge is 0.492 e. The van der Waals surface area contributed by atoms with Gasteiger partial charge in [0, 0.05) is 17.6 Å². The zero-order valence-corrected chi connectivity index (χ0v) is 13.0. The van der Waals surface area contributed by atoms with Crippen molar-refractivity contribution in [3.63, 3.8) is 0 Å². The minimum atomic E-state index is -0.194. The SMILES string of the molecule is CCCNC(=O)C(C)NCCOc1ccc(Br)cc1. The number of hydrogen-bond acceptors (Lipinski definition) is 3. The fraction of sp³-hybridized carbons (Fsp3) is 0.500. The first-order valence-corrected chi connectivity index (χ1v) is 7.32. The van der Waals surface area contributed by atoms with Crippen LogP contribution in [-0.4, -0.2) is 31.6 Å². The summed E-state index contributed by atoms with van der Waals surface area (Å²) in [6.45, 7) is 5.78. The summed E-state index contributed by atoms with van der Waals surface area (Å²) in [6, 6.07) is 7.48. The van der Waals surface area contributed by atoms with Crippen molar-refractivity contribution in [1.29, 1.82) is 0 Å². The van der Waals surface area contributed by atoms with E-state index in [1.807, 2.05) is 38.1 Å². The molecule has 1 unspecified atom stereocenters. The van der Waals surface area contributed by atoms with Gasteiger partial charge in [0.1, 0.15) is 12.4 Å². The standard InChI is InChI=1S/C14H21BrN2O2/c1-3-8-17-14(18)11(2)16-9-10-19-13-6-4-12(15)5-7-13/h4-7,11,16H,3,8-10H2,1-2H3,(H,17,18). The monoisotopic (exact) mass is 328 g/mol. The van der Waals surface area contributed by atoms with Crippen LogP contribution in [0.15, 0.2) is 28.7 Å². The Kier molecular flexibility index (Phi) is 7.52. The summed E-state index contributed by atoms with van der Waals surface area (Å²) in [5.41, 5.74) is 0. The number of rotatable bonds is 8. The lowest BCUT2D eigenvalue weighted by molar-refractivity contribution is -0.122. The van der Waals surface area contributed by atoms with Gasteiger partial charge < -0.3 is 15.4 Å². The zero-order valence-electron chi connectivity index (χ0n) is 11.4. The molecule has 106 valence electrons. The van der Waals surface area contributed by atoms with Crippen LogP contribution in [0.3, 0.4) is 0 Å². The molecule has 0 aliphatic heterocycles. The molecule has 4 nitrogen and oxygen atoms in total. The molecular weight excluding hydrogens is 308 g/mol. The lowest BCUT2D eigenvalue weighted by Crippen LogP contribution is -2.43. The minimum Gasteiger partial charge on any atom is -0.492 e. The van der Waals surface area contributed by atoms with E-state index in [4.69, 9.17) is 4.74 Å². The predicted octanol–water partition coefficient (Wildman–Crippen LogP) is 2.33. The van der Waals surface area contributed by atoms with Crippen molar-refractivity contribution in [1.82, 2.24) is 10.6 Å². The van der Waals surface area contributed by atoms with Gasteiger partial charge in [0.15, 0.2) is 0 Å². The third-order valence-electron chi connectivity index (χ3n) is 2.58.